The van der Waals surface area contributed by atoms with E-state index in [1.807, 2.05) is 33.3 Å². The zero-order valence-electron chi connectivity index (χ0n) is 50.3. The summed E-state index contributed by atoms with van der Waals surface area (Å²) in [5.41, 5.74) is 0. The zero-order chi connectivity index (χ0) is 54.3. The highest BCUT2D eigenvalue weighted by molar-refractivity contribution is 7.45. The lowest BCUT2D eigenvalue weighted by Gasteiger charge is -2.30. The van der Waals surface area contributed by atoms with Crippen LogP contribution in [0.1, 0.15) is 335 Å². The van der Waals surface area contributed by atoms with Gasteiger partial charge in [-0.3, -0.25) is 14.2 Å². The molecule has 9 nitrogen and oxygen atoms in total. The van der Waals surface area contributed by atoms with Crippen molar-refractivity contribution in [1.29, 1.82) is 0 Å². The van der Waals surface area contributed by atoms with Gasteiger partial charge in [-0.15, -0.1) is 0 Å². The van der Waals surface area contributed by atoms with Crippen LogP contribution in [0.2, 0.25) is 0 Å². The molecule has 0 saturated heterocycles. The first-order chi connectivity index (χ1) is 35.9. The third-order valence-corrected chi connectivity index (χ3v) is 15.9. The van der Waals surface area contributed by atoms with Crippen LogP contribution in [-0.4, -0.2) is 69.4 Å². The molecule has 0 aliphatic heterocycles. The number of esters is 1. The van der Waals surface area contributed by atoms with Gasteiger partial charge in [0.25, 0.3) is 7.82 Å². The molecule has 3 unspecified atom stereocenters. The summed E-state index contributed by atoms with van der Waals surface area (Å²) in [6.45, 7) is 6.90. The van der Waals surface area contributed by atoms with Gasteiger partial charge in [-0.05, 0) is 31.8 Å². The van der Waals surface area contributed by atoms with Crippen molar-refractivity contribution in [2.45, 2.75) is 348 Å². The summed E-state index contributed by atoms with van der Waals surface area (Å²) in [5, 5.41) is 3.04. The Balaban J connectivity index is 5.13. The number of likely N-dealkylation sites (N-methyl/N-ethyl adjacent to an activating group) is 1. The van der Waals surface area contributed by atoms with Crippen LogP contribution in [0.5, 0.6) is 0 Å². The number of carbonyl (C=O) groups is 2. The maximum absolute atomic E-state index is 13.5. The first-order valence-corrected chi connectivity index (χ1v) is 34.0. The maximum atomic E-state index is 13.5. The molecule has 3 atom stereocenters. The summed E-state index contributed by atoms with van der Waals surface area (Å²) >= 11 is 0. The first-order valence-electron chi connectivity index (χ1n) is 32.5. The van der Waals surface area contributed by atoms with Crippen LogP contribution in [0.3, 0.4) is 0 Å². The molecule has 10 heteroatoms. The van der Waals surface area contributed by atoms with Crippen LogP contribution >= 0.6 is 7.82 Å². The fourth-order valence-corrected chi connectivity index (χ4v) is 10.7. The molecule has 0 aromatic rings. The zero-order valence-corrected chi connectivity index (χ0v) is 51.2. The molecule has 0 heterocycles. The number of allylic oxidation sites excluding steroid dienone is 1. The first kappa shape index (κ1) is 72.8. The van der Waals surface area contributed by atoms with E-state index in [1.54, 1.807) is 0 Å². The van der Waals surface area contributed by atoms with Crippen LogP contribution in [0.25, 0.3) is 0 Å². The summed E-state index contributed by atoms with van der Waals surface area (Å²) in [6.07, 6.45) is 63.2. The number of hydrogen-bond acceptors (Lipinski definition) is 7. The van der Waals surface area contributed by atoms with Crippen molar-refractivity contribution >= 4 is 19.7 Å². The Morgan fingerprint density at radius 3 is 1.11 bits per heavy atom. The van der Waals surface area contributed by atoms with Gasteiger partial charge in [0.1, 0.15) is 19.3 Å². The van der Waals surface area contributed by atoms with E-state index >= 15 is 0 Å². The molecule has 0 aromatic heterocycles. The van der Waals surface area contributed by atoms with E-state index in [2.05, 4.69) is 26.1 Å². The third-order valence-electron chi connectivity index (χ3n) is 15.0. The SMILES string of the molecule is CCCCCCCCCCCC/C=C\C(OC(=O)CCCCCCCCCCCCCCCCCCCCCCC)C(COP(=O)([O-])OCC[N+](C)(C)C)NC(=O)CCCCCCCCCCCCCCCCC. The highest BCUT2D eigenvalue weighted by atomic mass is 31.2. The number of carbonyl (C=O) groups excluding carboxylic acids is 2. The van der Waals surface area contributed by atoms with Crippen LogP contribution in [0.4, 0.5) is 0 Å². The van der Waals surface area contributed by atoms with Gasteiger partial charge in [0.2, 0.25) is 5.91 Å². The molecule has 0 saturated carbocycles. The van der Waals surface area contributed by atoms with Gasteiger partial charge in [0.05, 0.1) is 33.8 Å². The standard InChI is InChI=1S/C64H127N2O7P/c1-7-10-13-16-19-22-25-28-30-31-32-33-34-35-37-39-42-45-48-51-54-57-64(68)73-62(55-52-49-46-43-40-27-24-21-18-15-12-9-3)61(60-72-74(69,70)71-59-58-66(4,5)6)65-63(67)56-53-50-47-44-41-38-36-29-26-23-20-17-14-11-8-2/h52,55,61-62H,7-51,53-54,56-60H2,1-6H3,(H-,65,67,69,70)/b55-52-. The quantitative estimate of drug-likeness (QED) is 0.0212. The van der Waals surface area contributed by atoms with Crippen molar-refractivity contribution in [2.24, 2.45) is 0 Å². The lowest BCUT2D eigenvalue weighted by Crippen LogP contribution is -2.47. The summed E-state index contributed by atoms with van der Waals surface area (Å²) in [7, 11) is 1.21. The van der Waals surface area contributed by atoms with Gasteiger partial charge in [0.15, 0.2) is 0 Å². The fraction of sp³-hybridized carbons (Fsp3) is 0.938. The topological polar surface area (TPSA) is 114 Å². The van der Waals surface area contributed by atoms with E-state index in [-0.39, 0.29) is 31.5 Å². The Morgan fingerprint density at radius 2 is 0.770 bits per heavy atom. The molecule has 1 amide bonds. The molecule has 0 fully saturated rings. The molecule has 0 aliphatic carbocycles. The Labute approximate surface area is 461 Å². The van der Waals surface area contributed by atoms with Crippen LogP contribution < -0.4 is 10.2 Å². The van der Waals surface area contributed by atoms with E-state index in [0.29, 0.717) is 17.4 Å². The number of nitrogens with one attached hydrogen (secondary N) is 1. The summed E-state index contributed by atoms with van der Waals surface area (Å²) in [4.78, 5) is 40.0. The molecule has 74 heavy (non-hydrogen) atoms. The molecular weight excluding hydrogens is 940 g/mol. The van der Waals surface area contributed by atoms with Crippen molar-refractivity contribution in [3.05, 3.63) is 12.2 Å². The second-order valence-corrected chi connectivity index (χ2v) is 25.0. The number of unbranched alkanes of at least 4 members (excludes halogenated alkanes) is 44. The van der Waals surface area contributed by atoms with Crippen LogP contribution in [0, 0.1) is 0 Å². The van der Waals surface area contributed by atoms with Crippen molar-refractivity contribution in [2.75, 3.05) is 40.9 Å². The molecule has 0 aliphatic rings. The molecule has 0 radical (unpaired) electrons. The normalized spacial score (nSPS) is 13.7. The number of phosphoric acid groups is 1. The minimum atomic E-state index is -4.69. The van der Waals surface area contributed by atoms with Gasteiger partial charge in [-0.2, -0.15) is 0 Å². The average Bonchev–Trinajstić information content (AvgIpc) is 3.36. The smallest absolute Gasteiger partial charge is 0.306 e. The second kappa shape index (κ2) is 55.1. The maximum Gasteiger partial charge on any atom is 0.306 e. The van der Waals surface area contributed by atoms with Crippen LogP contribution in [0.15, 0.2) is 12.2 Å². The Morgan fingerprint density at radius 1 is 0.459 bits per heavy atom. The van der Waals surface area contributed by atoms with E-state index in [4.69, 9.17) is 13.8 Å². The monoisotopic (exact) mass is 1070 g/mol. The number of nitrogens with zero attached hydrogens (tertiary/aromatic N) is 1. The van der Waals surface area contributed by atoms with Gasteiger partial charge >= 0.3 is 5.97 Å². The lowest BCUT2D eigenvalue weighted by molar-refractivity contribution is -0.870. The van der Waals surface area contributed by atoms with Gasteiger partial charge < -0.3 is 28.5 Å². The lowest BCUT2D eigenvalue weighted by atomic mass is 10.0. The number of amides is 1. The fourth-order valence-electron chi connectivity index (χ4n) is 9.94. The van der Waals surface area contributed by atoms with Crippen LogP contribution in [-0.2, 0) is 27.9 Å². The molecule has 0 aromatic carbocycles. The van der Waals surface area contributed by atoms with E-state index in [1.165, 1.54) is 244 Å². The molecular formula is C64H127N2O7P. The van der Waals surface area contributed by atoms with E-state index < -0.39 is 20.0 Å². The highest BCUT2D eigenvalue weighted by Gasteiger charge is 2.27. The Kier molecular flexibility index (Phi) is 54.1. The summed E-state index contributed by atoms with van der Waals surface area (Å²) in [6, 6.07) is -0.879. The average molecular weight is 1070 g/mol. The summed E-state index contributed by atoms with van der Waals surface area (Å²) < 4.78 is 30.4. The third kappa shape index (κ3) is 55.5. The highest BCUT2D eigenvalue weighted by Crippen LogP contribution is 2.38. The Hall–Kier alpha value is -1.25. The Bertz CT molecular complexity index is 1270. The number of rotatable bonds is 60. The summed E-state index contributed by atoms with van der Waals surface area (Å²) in [5.74, 6) is -0.518. The minimum Gasteiger partial charge on any atom is -0.756 e. The van der Waals surface area contributed by atoms with Gasteiger partial charge in [0, 0.05) is 12.8 Å². The number of hydrogen-bond donors (Lipinski definition) is 1. The molecule has 0 rings (SSSR count). The minimum absolute atomic E-state index is 0.0167. The molecule has 0 bridgehead atoms. The second-order valence-electron chi connectivity index (χ2n) is 23.6. The van der Waals surface area contributed by atoms with E-state index in [0.717, 1.165) is 57.8 Å². The molecule has 0 spiro atoms. The van der Waals surface area contributed by atoms with Crippen molar-refractivity contribution < 1.29 is 37.3 Å². The van der Waals surface area contributed by atoms with E-state index in [9.17, 15) is 19.0 Å². The van der Waals surface area contributed by atoms with Gasteiger partial charge in [-0.1, -0.05) is 303 Å². The van der Waals surface area contributed by atoms with Crippen molar-refractivity contribution in [3.8, 4) is 0 Å². The van der Waals surface area contributed by atoms with Gasteiger partial charge in [-0.25, -0.2) is 0 Å². The van der Waals surface area contributed by atoms with Crippen molar-refractivity contribution in [1.82, 2.24) is 5.32 Å². The number of phosphoric ester groups is 1. The molecule has 440 valence electrons. The largest absolute Gasteiger partial charge is 0.756 e. The van der Waals surface area contributed by atoms with Crippen molar-refractivity contribution in [3.63, 3.8) is 0 Å². The number of ether oxygens (including phenoxy) is 1. The predicted octanol–water partition coefficient (Wildman–Crippen LogP) is 19.3. The predicted molar refractivity (Wildman–Crippen MR) is 317 cm³/mol. The molecule has 1 N–H and O–H groups in total. The number of quaternary nitrogens is 1.